The number of carbonyl (C=O) groups excluding carboxylic acids is 3. The van der Waals surface area contributed by atoms with Crippen LogP contribution < -0.4 is 10.6 Å². The number of piperazine rings is 1. The van der Waals surface area contributed by atoms with Crippen molar-refractivity contribution in [3.8, 4) is 0 Å². The number of fused-ring (bicyclic) bond motifs is 2. The predicted octanol–water partition coefficient (Wildman–Crippen LogP) is 3.71. The molecule has 270 valence electrons. The lowest BCUT2D eigenvalue weighted by molar-refractivity contribution is -0.138. The molecule has 0 bridgehead atoms. The van der Waals surface area contributed by atoms with Gasteiger partial charge in [-0.15, -0.1) is 0 Å². The molecule has 4 aliphatic heterocycles. The lowest BCUT2D eigenvalue weighted by Crippen LogP contribution is -2.58. The minimum Gasteiger partial charge on any atom is -0.480 e. The first-order valence-electron chi connectivity index (χ1n) is 18.5. The third-order valence-corrected chi connectivity index (χ3v) is 11.3. The maximum absolute atomic E-state index is 14.3. The Bertz CT molecular complexity index is 1720. The summed E-state index contributed by atoms with van der Waals surface area (Å²) in [6, 6.07) is 21.5. The van der Waals surface area contributed by atoms with E-state index >= 15 is 0 Å². The number of likely N-dealkylation sites (tertiary alicyclic amines) is 2. The molecule has 12 heteroatoms. The molecular weight excluding hydrogens is 646 g/mol. The second kappa shape index (κ2) is 15.7. The van der Waals surface area contributed by atoms with Crippen LogP contribution in [0.2, 0.25) is 0 Å². The van der Waals surface area contributed by atoms with E-state index in [1.54, 1.807) is 4.90 Å². The molecular formula is C39H49N7O5. The van der Waals surface area contributed by atoms with Gasteiger partial charge in [0.25, 0.3) is 0 Å². The van der Waals surface area contributed by atoms with Crippen LogP contribution in [0.3, 0.4) is 0 Å². The highest BCUT2D eigenvalue weighted by molar-refractivity contribution is 5.92. The number of nitrogens with one attached hydrogen (secondary N) is 2. The third kappa shape index (κ3) is 8.12. The number of carboxylic acid groups (broad SMARTS) is 1. The van der Waals surface area contributed by atoms with E-state index in [-0.39, 0.29) is 30.6 Å². The summed E-state index contributed by atoms with van der Waals surface area (Å²) in [5.74, 6) is -0.852. The highest BCUT2D eigenvalue weighted by Gasteiger charge is 2.35. The van der Waals surface area contributed by atoms with E-state index in [0.29, 0.717) is 58.0 Å². The molecule has 0 spiro atoms. The van der Waals surface area contributed by atoms with Crippen molar-refractivity contribution in [3.05, 3.63) is 77.9 Å². The van der Waals surface area contributed by atoms with Gasteiger partial charge in [-0.2, -0.15) is 0 Å². The Morgan fingerprint density at radius 3 is 2.20 bits per heavy atom. The fourth-order valence-corrected chi connectivity index (χ4v) is 8.40. The monoisotopic (exact) mass is 695 g/mol. The summed E-state index contributed by atoms with van der Waals surface area (Å²) >= 11 is 0. The minimum atomic E-state index is -0.793. The molecule has 7 rings (SSSR count). The zero-order chi connectivity index (χ0) is 35.3. The van der Waals surface area contributed by atoms with E-state index in [1.807, 2.05) is 57.2 Å². The van der Waals surface area contributed by atoms with Gasteiger partial charge in [-0.25, -0.2) is 9.59 Å². The second-order valence-corrected chi connectivity index (χ2v) is 14.4. The van der Waals surface area contributed by atoms with Gasteiger partial charge in [0.1, 0.15) is 6.04 Å². The normalized spacial score (nSPS) is 20.4. The topological polar surface area (TPSA) is 129 Å². The van der Waals surface area contributed by atoms with E-state index in [2.05, 4.69) is 39.8 Å². The molecule has 0 radical (unpaired) electrons. The highest BCUT2D eigenvalue weighted by atomic mass is 16.4. The number of urea groups is 2. The number of anilines is 1. The predicted molar refractivity (Wildman–Crippen MR) is 196 cm³/mol. The van der Waals surface area contributed by atoms with Crippen LogP contribution in [0.1, 0.15) is 36.8 Å². The van der Waals surface area contributed by atoms with Gasteiger partial charge in [0, 0.05) is 83.1 Å². The number of carboxylic acids is 1. The number of carbonyl (C=O) groups is 4. The van der Waals surface area contributed by atoms with E-state index in [1.165, 1.54) is 0 Å². The fraction of sp³-hybridized carbons (Fsp3) is 0.487. The first-order chi connectivity index (χ1) is 24.8. The van der Waals surface area contributed by atoms with Crippen molar-refractivity contribution in [1.29, 1.82) is 0 Å². The average Bonchev–Trinajstić information content (AvgIpc) is 3.32. The zero-order valence-corrected chi connectivity index (χ0v) is 29.2. The standard InChI is InChI=1S/C39H49N7O5/c47-36(48)27-42-22-24-43(25-23-42)31-13-17-44(18-14-31)37(49)35(26-30-9-5-8-28-6-1-3-10-33(28)30)41-38(50)45-19-15-32(16-20-45)46-21-12-29-7-2-4-11-34(29)40-39(46)51/h1-11,31-32,35H,12-27H2,(H,40,51)(H,41,50)(H,47,48)/t35-/m1/s1. The summed E-state index contributed by atoms with van der Waals surface area (Å²) in [5, 5.41) is 17.5. The van der Waals surface area contributed by atoms with E-state index in [9.17, 15) is 19.2 Å². The lowest BCUT2D eigenvalue weighted by atomic mass is 9.96. The fourth-order valence-electron chi connectivity index (χ4n) is 8.40. The minimum absolute atomic E-state index is 0.0397. The first kappa shape index (κ1) is 34.8. The maximum Gasteiger partial charge on any atom is 0.322 e. The van der Waals surface area contributed by atoms with Crippen molar-refractivity contribution in [1.82, 2.24) is 29.8 Å². The smallest absolute Gasteiger partial charge is 0.322 e. The number of benzene rings is 3. The molecule has 12 nitrogen and oxygen atoms in total. The van der Waals surface area contributed by atoms with Gasteiger partial charge < -0.3 is 30.4 Å². The Kier molecular flexibility index (Phi) is 10.7. The molecule has 3 aromatic carbocycles. The number of hydrogen-bond donors (Lipinski definition) is 3. The van der Waals surface area contributed by atoms with Crippen molar-refractivity contribution >= 4 is 40.4 Å². The zero-order valence-electron chi connectivity index (χ0n) is 29.2. The Morgan fingerprint density at radius 2 is 1.43 bits per heavy atom. The lowest BCUT2D eigenvalue weighted by Gasteiger charge is -2.43. The van der Waals surface area contributed by atoms with Gasteiger partial charge >= 0.3 is 18.0 Å². The van der Waals surface area contributed by atoms with Crippen LogP contribution in [0, 0.1) is 0 Å². The van der Waals surface area contributed by atoms with Gasteiger partial charge in [0.05, 0.1) is 6.54 Å². The van der Waals surface area contributed by atoms with Crippen LogP contribution in [0.5, 0.6) is 0 Å². The largest absolute Gasteiger partial charge is 0.480 e. The second-order valence-electron chi connectivity index (χ2n) is 14.4. The maximum atomic E-state index is 14.3. The molecule has 0 aromatic heterocycles. The molecule has 5 amide bonds. The van der Waals surface area contributed by atoms with Crippen LogP contribution in [-0.4, -0.2) is 137 Å². The SMILES string of the molecule is O=C(O)CN1CCN(C2CCN(C(=O)[C@@H](Cc3cccc4ccccc34)NC(=O)N3CCC(N4CCc5ccccc5NC4=O)CC3)CC2)CC1. The summed E-state index contributed by atoms with van der Waals surface area (Å²) in [6.07, 6.45) is 4.23. The number of aliphatic carboxylic acids is 1. The molecule has 1 atom stereocenters. The Balaban J connectivity index is 0.983. The highest BCUT2D eigenvalue weighted by Crippen LogP contribution is 2.26. The number of nitrogens with zero attached hydrogens (tertiary/aromatic N) is 5. The number of piperidine rings is 2. The number of para-hydroxylation sites is 1. The third-order valence-electron chi connectivity index (χ3n) is 11.3. The van der Waals surface area contributed by atoms with Crippen molar-refractivity contribution in [3.63, 3.8) is 0 Å². The molecule has 0 unspecified atom stereocenters. The van der Waals surface area contributed by atoms with Crippen molar-refractivity contribution < 1.29 is 24.3 Å². The van der Waals surface area contributed by atoms with Crippen molar-refractivity contribution in [2.75, 3.05) is 70.8 Å². The summed E-state index contributed by atoms with van der Waals surface area (Å²) in [4.78, 5) is 62.4. The van der Waals surface area contributed by atoms with Crippen LogP contribution >= 0.6 is 0 Å². The van der Waals surface area contributed by atoms with Crippen molar-refractivity contribution in [2.24, 2.45) is 0 Å². The molecule has 0 saturated carbocycles. The summed E-state index contributed by atoms with van der Waals surface area (Å²) in [7, 11) is 0. The van der Waals surface area contributed by atoms with E-state index in [4.69, 9.17) is 5.11 Å². The van der Waals surface area contributed by atoms with E-state index < -0.39 is 12.0 Å². The number of rotatable bonds is 8. The first-order valence-corrected chi connectivity index (χ1v) is 18.5. The summed E-state index contributed by atoms with van der Waals surface area (Å²) < 4.78 is 0. The Hall–Kier alpha value is -4.68. The average molecular weight is 696 g/mol. The van der Waals surface area contributed by atoms with Gasteiger partial charge in [0.2, 0.25) is 5.91 Å². The number of hydrogen-bond acceptors (Lipinski definition) is 6. The summed E-state index contributed by atoms with van der Waals surface area (Å²) in [6.45, 7) is 6.11. The molecule has 3 aromatic rings. The Labute approximate surface area is 299 Å². The van der Waals surface area contributed by atoms with Crippen molar-refractivity contribution in [2.45, 2.75) is 56.7 Å². The van der Waals surface area contributed by atoms with Crippen LogP contribution in [0.15, 0.2) is 66.7 Å². The van der Waals surface area contributed by atoms with Gasteiger partial charge in [-0.1, -0.05) is 60.7 Å². The Morgan fingerprint density at radius 1 is 0.765 bits per heavy atom. The molecule has 4 heterocycles. The van der Waals surface area contributed by atoms with Gasteiger partial charge in [0.15, 0.2) is 0 Å². The van der Waals surface area contributed by atoms with Gasteiger partial charge in [-0.05, 0) is 60.1 Å². The van der Waals surface area contributed by atoms with Gasteiger partial charge in [-0.3, -0.25) is 19.4 Å². The van der Waals surface area contributed by atoms with E-state index in [0.717, 1.165) is 73.0 Å². The quantitative estimate of drug-likeness (QED) is 0.328. The molecule has 3 saturated heterocycles. The van der Waals surface area contributed by atoms with Crippen LogP contribution in [0.4, 0.5) is 15.3 Å². The number of amides is 5. The molecule has 4 aliphatic rings. The molecule has 3 fully saturated rings. The molecule has 0 aliphatic carbocycles. The molecule has 51 heavy (non-hydrogen) atoms. The van der Waals surface area contributed by atoms with Crippen LogP contribution in [-0.2, 0) is 22.4 Å². The molecule has 3 N–H and O–H groups in total. The summed E-state index contributed by atoms with van der Waals surface area (Å²) in [5.41, 5.74) is 3.02. The van der Waals surface area contributed by atoms with Crippen LogP contribution in [0.25, 0.3) is 10.8 Å².